The van der Waals surface area contributed by atoms with Gasteiger partial charge in [-0.15, -0.1) is 0 Å². The summed E-state index contributed by atoms with van der Waals surface area (Å²) in [5.74, 6) is 0. The van der Waals surface area contributed by atoms with Crippen molar-refractivity contribution in [1.29, 1.82) is 0 Å². The van der Waals surface area contributed by atoms with Gasteiger partial charge in [-0.2, -0.15) is 0 Å². The molecule has 0 aliphatic rings. The molecule has 0 spiro atoms. The first kappa shape index (κ1) is 29.1. The number of hydrogen-bond acceptors (Lipinski definition) is 2. The van der Waals surface area contributed by atoms with Gasteiger partial charge in [0.25, 0.3) is 0 Å². The van der Waals surface area contributed by atoms with E-state index in [9.17, 15) is 0 Å². The van der Waals surface area contributed by atoms with E-state index in [0.29, 0.717) is 0 Å². The van der Waals surface area contributed by atoms with Crippen molar-refractivity contribution in [1.82, 2.24) is 0 Å². The van der Waals surface area contributed by atoms with Gasteiger partial charge in [0.1, 0.15) is 0 Å². The lowest BCUT2D eigenvalue weighted by atomic mass is 10.2. The Balaban J connectivity index is 4.00. The molecule has 0 radical (unpaired) electrons. The molecule has 0 fully saturated rings. The van der Waals surface area contributed by atoms with Crippen LogP contribution in [0.1, 0.15) is 104 Å². The molecule has 0 amide bonds. The fourth-order valence-electron chi connectivity index (χ4n) is 3.20. The molecule has 0 aromatic rings. The molecule has 29 heavy (non-hydrogen) atoms. The van der Waals surface area contributed by atoms with E-state index < -0.39 is 8.56 Å². The first-order valence-corrected chi connectivity index (χ1v) is 16.0. The summed E-state index contributed by atoms with van der Waals surface area (Å²) in [5.41, 5.74) is 0. The van der Waals surface area contributed by atoms with Crippen LogP contribution in [0.25, 0.3) is 0 Å². The summed E-state index contributed by atoms with van der Waals surface area (Å²) in [4.78, 5) is 0. The zero-order chi connectivity index (χ0) is 21.5. The van der Waals surface area contributed by atoms with Gasteiger partial charge in [-0.25, -0.2) is 0 Å². The zero-order valence-corrected chi connectivity index (χ0v) is 22.3. The second-order valence-electron chi connectivity index (χ2n) is 8.20. The minimum absolute atomic E-state index is 0.841. The number of rotatable bonds is 22. The molecule has 0 N–H and O–H groups in total. The van der Waals surface area contributed by atoms with Crippen LogP contribution in [0.5, 0.6) is 0 Å². The van der Waals surface area contributed by atoms with E-state index in [-0.39, 0.29) is 0 Å². The molecule has 0 saturated carbocycles. The van der Waals surface area contributed by atoms with Crippen molar-refractivity contribution in [3.8, 4) is 0 Å². The Morgan fingerprint density at radius 3 is 1.48 bits per heavy atom. The van der Waals surface area contributed by atoms with E-state index in [1.54, 1.807) is 0 Å². The van der Waals surface area contributed by atoms with Crippen LogP contribution in [0.15, 0.2) is 24.3 Å². The highest BCUT2D eigenvalue weighted by Gasteiger charge is 2.30. The standard InChI is InChI=1S/C25H49BrO2Si/c1-4-6-8-10-12-14-16-19-23-27-29(3,25-21-18-22-26)28-24-20-17-15-13-11-9-7-5-2/h12-15H,4-11,16-25H2,1-3H3/b14-12-,15-13-. The molecule has 0 aliphatic carbocycles. The zero-order valence-electron chi connectivity index (χ0n) is 19.7. The average Bonchev–Trinajstić information content (AvgIpc) is 2.72. The van der Waals surface area contributed by atoms with Gasteiger partial charge >= 0.3 is 8.56 Å². The molecule has 172 valence electrons. The van der Waals surface area contributed by atoms with Gasteiger partial charge in [0.2, 0.25) is 0 Å². The summed E-state index contributed by atoms with van der Waals surface area (Å²) in [6.07, 6.45) is 26.6. The highest BCUT2D eigenvalue weighted by molar-refractivity contribution is 9.09. The number of alkyl halides is 1. The SMILES string of the molecule is CCCCC/C=C\CCCO[Si](C)(CCCCBr)OCCC/C=C\CCCCC. The average molecular weight is 490 g/mol. The van der Waals surface area contributed by atoms with Gasteiger partial charge in [0, 0.05) is 18.5 Å². The van der Waals surface area contributed by atoms with Gasteiger partial charge in [0.15, 0.2) is 0 Å². The maximum atomic E-state index is 6.34. The Labute approximate surface area is 192 Å². The van der Waals surface area contributed by atoms with Crippen molar-refractivity contribution in [3.05, 3.63) is 24.3 Å². The van der Waals surface area contributed by atoms with Crippen molar-refractivity contribution in [2.45, 2.75) is 116 Å². The smallest absolute Gasteiger partial charge is 0.334 e. The van der Waals surface area contributed by atoms with Crippen molar-refractivity contribution in [2.24, 2.45) is 0 Å². The number of allylic oxidation sites excluding steroid dienone is 4. The summed E-state index contributed by atoms with van der Waals surface area (Å²) >= 11 is 3.54. The Hall–Kier alpha value is 0.0969. The van der Waals surface area contributed by atoms with Crippen LogP contribution in [-0.4, -0.2) is 27.1 Å². The van der Waals surface area contributed by atoms with Gasteiger partial charge in [-0.3, -0.25) is 0 Å². The minimum atomic E-state index is -2.03. The largest absolute Gasteiger partial charge is 0.394 e. The van der Waals surface area contributed by atoms with Gasteiger partial charge in [-0.1, -0.05) is 86.2 Å². The molecule has 0 aliphatic heterocycles. The molecule has 0 aromatic heterocycles. The Morgan fingerprint density at radius 2 is 1.07 bits per heavy atom. The van der Waals surface area contributed by atoms with E-state index >= 15 is 0 Å². The Bertz CT molecular complexity index is 357. The third-order valence-electron chi connectivity index (χ3n) is 5.14. The van der Waals surface area contributed by atoms with Crippen LogP contribution >= 0.6 is 15.9 Å². The monoisotopic (exact) mass is 488 g/mol. The molecular weight excluding hydrogens is 440 g/mol. The van der Waals surface area contributed by atoms with E-state index in [4.69, 9.17) is 8.85 Å². The summed E-state index contributed by atoms with van der Waals surface area (Å²) in [6.45, 7) is 8.46. The maximum absolute atomic E-state index is 6.34. The third kappa shape index (κ3) is 21.1. The number of unbranched alkanes of at least 4 members (excludes halogenated alkanes) is 9. The van der Waals surface area contributed by atoms with Crippen molar-refractivity contribution in [2.75, 3.05) is 18.5 Å². The van der Waals surface area contributed by atoms with E-state index in [0.717, 1.165) is 50.3 Å². The van der Waals surface area contributed by atoms with E-state index in [1.807, 2.05) is 0 Å². The van der Waals surface area contributed by atoms with Gasteiger partial charge < -0.3 is 8.85 Å². The van der Waals surface area contributed by atoms with Crippen LogP contribution in [-0.2, 0) is 8.85 Å². The highest BCUT2D eigenvalue weighted by atomic mass is 79.9. The highest BCUT2D eigenvalue weighted by Crippen LogP contribution is 2.19. The van der Waals surface area contributed by atoms with Gasteiger partial charge in [0.05, 0.1) is 0 Å². The van der Waals surface area contributed by atoms with Crippen LogP contribution < -0.4 is 0 Å². The first-order chi connectivity index (χ1) is 14.2. The predicted octanol–water partition coefficient (Wildman–Crippen LogP) is 9.10. The molecule has 0 atom stereocenters. The molecule has 0 heterocycles. The second kappa shape index (κ2) is 22.8. The Morgan fingerprint density at radius 1 is 0.621 bits per heavy atom. The van der Waals surface area contributed by atoms with Crippen LogP contribution in [0.2, 0.25) is 12.6 Å². The van der Waals surface area contributed by atoms with Crippen molar-refractivity contribution < 1.29 is 8.85 Å². The molecule has 0 saturated heterocycles. The van der Waals surface area contributed by atoms with Crippen molar-refractivity contribution >= 4 is 24.5 Å². The van der Waals surface area contributed by atoms with Crippen LogP contribution in [0.4, 0.5) is 0 Å². The molecule has 2 nitrogen and oxygen atoms in total. The second-order valence-corrected chi connectivity index (χ2v) is 12.3. The summed E-state index contributed by atoms with van der Waals surface area (Å²) in [7, 11) is -2.03. The summed E-state index contributed by atoms with van der Waals surface area (Å²) in [5, 5.41) is 1.07. The fraction of sp³-hybridized carbons (Fsp3) is 0.840. The molecule has 0 bridgehead atoms. The molecule has 4 heteroatoms. The third-order valence-corrected chi connectivity index (χ3v) is 8.59. The maximum Gasteiger partial charge on any atom is 0.334 e. The lowest BCUT2D eigenvalue weighted by Gasteiger charge is -2.27. The molecule has 0 aromatic carbocycles. The normalized spacial score (nSPS) is 12.6. The summed E-state index contributed by atoms with van der Waals surface area (Å²) in [6, 6.07) is 1.11. The quantitative estimate of drug-likeness (QED) is 0.0653. The fourth-order valence-corrected chi connectivity index (χ4v) is 6.01. The Kier molecular flexibility index (Phi) is 22.9. The summed E-state index contributed by atoms with van der Waals surface area (Å²) < 4.78 is 12.7. The molecule has 0 rings (SSSR count). The molecular formula is C25H49BrO2Si. The molecule has 0 unspecified atom stereocenters. The van der Waals surface area contributed by atoms with Crippen LogP contribution in [0, 0.1) is 0 Å². The lowest BCUT2D eigenvalue weighted by molar-refractivity contribution is 0.169. The van der Waals surface area contributed by atoms with E-state index in [2.05, 4.69) is 60.6 Å². The van der Waals surface area contributed by atoms with Crippen LogP contribution in [0.3, 0.4) is 0 Å². The van der Waals surface area contributed by atoms with Crippen molar-refractivity contribution in [3.63, 3.8) is 0 Å². The predicted molar refractivity (Wildman–Crippen MR) is 136 cm³/mol. The first-order valence-electron chi connectivity index (χ1n) is 12.3. The topological polar surface area (TPSA) is 18.5 Å². The number of hydrogen-bond donors (Lipinski definition) is 0. The number of halogens is 1. The minimum Gasteiger partial charge on any atom is -0.394 e. The van der Waals surface area contributed by atoms with E-state index in [1.165, 1.54) is 64.2 Å². The lowest BCUT2D eigenvalue weighted by Crippen LogP contribution is -2.39. The van der Waals surface area contributed by atoms with Gasteiger partial charge in [-0.05, 0) is 70.4 Å².